The fourth-order valence-corrected chi connectivity index (χ4v) is 1.91. The molecule has 0 aromatic heterocycles. The Morgan fingerprint density at radius 3 is 2.67 bits per heavy atom. The largest absolute Gasteiger partial charge is 0.478 e. The van der Waals surface area contributed by atoms with Gasteiger partial charge in [0.15, 0.2) is 0 Å². The van der Waals surface area contributed by atoms with E-state index in [2.05, 4.69) is 17.6 Å². The highest BCUT2D eigenvalue weighted by Gasteiger charge is 2.12. The van der Waals surface area contributed by atoms with Gasteiger partial charge in [0.25, 0.3) is 0 Å². The number of aromatic carboxylic acids is 1. The van der Waals surface area contributed by atoms with E-state index >= 15 is 0 Å². The number of anilines is 1. The molecule has 1 unspecified atom stereocenters. The number of carboxylic acids is 1. The molecule has 0 radical (unpaired) electrons. The molecular weight excluding hydrogens is 275 g/mol. The van der Waals surface area contributed by atoms with Crippen LogP contribution in [-0.2, 0) is 0 Å². The van der Waals surface area contributed by atoms with Crippen molar-refractivity contribution in [1.29, 1.82) is 0 Å². The van der Waals surface area contributed by atoms with Gasteiger partial charge in [0.05, 0.1) is 11.3 Å². The van der Waals surface area contributed by atoms with Crippen molar-refractivity contribution >= 4 is 17.7 Å². The number of halogens is 1. The van der Waals surface area contributed by atoms with Crippen LogP contribution in [0.5, 0.6) is 0 Å². The van der Waals surface area contributed by atoms with Gasteiger partial charge < -0.3 is 15.7 Å². The molecule has 0 spiro atoms. The summed E-state index contributed by atoms with van der Waals surface area (Å²) in [5.41, 5.74) is -0.226. The Balaban J connectivity index is 2.58. The molecule has 0 bridgehead atoms. The maximum absolute atomic E-state index is 13.5. The van der Waals surface area contributed by atoms with E-state index in [1.54, 1.807) is 0 Å². The average Bonchev–Trinajstić information content (AvgIpc) is 2.41. The fourth-order valence-electron chi connectivity index (χ4n) is 1.91. The van der Waals surface area contributed by atoms with Gasteiger partial charge in [-0.05, 0) is 31.5 Å². The first-order valence-electron chi connectivity index (χ1n) is 7.04. The Morgan fingerprint density at radius 1 is 1.33 bits per heavy atom. The lowest BCUT2D eigenvalue weighted by molar-refractivity contribution is 0.0697. The predicted molar refractivity (Wildman–Crippen MR) is 79.1 cm³/mol. The molecule has 0 aliphatic rings. The van der Waals surface area contributed by atoms with E-state index in [4.69, 9.17) is 5.11 Å². The van der Waals surface area contributed by atoms with Gasteiger partial charge in [-0.15, -0.1) is 0 Å². The first kappa shape index (κ1) is 16.9. The maximum atomic E-state index is 13.5. The predicted octanol–water partition coefficient (Wildman–Crippen LogP) is 3.61. The zero-order chi connectivity index (χ0) is 15.8. The quantitative estimate of drug-likeness (QED) is 0.672. The smallest absolute Gasteiger partial charge is 0.335 e. The summed E-state index contributed by atoms with van der Waals surface area (Å²) in [4.78, 5) is 22.6. The Kier molecular flexibility index (Phi) is 6.65. The lowest BCUT2D eigenvalue weighted by atomic mass is 10.1. The number of benzene rings is 1. The monoisotopic (exact) mass is 296 g/mol. The topological polar surface area (TPSA) is 78.4 Å². The molecule has 1 aromatic rings. The van der Waals surface area contributed by atoms with Gasteiger partial charge in [0.1, 0.15) is 5.82 Å². The Bertz CT molecular complexity index is 506. The number of hydrogen-bond acceptors (Lipinski definition) is 2. The van der Waals surface area contributed by atoms with Gasteiger partial charge in [0, 0.05) is 6.04 Å². The average molecular weight is 296 g/mol. The van der Waals surface area contributed by atoms with Gasteiger partial charge >= 0.3 is 12.0 Å². The molecule has 1 aromatic carbocycles. The van der Waals surface area contributed by atoms with Crippen molar-refractivity contribution in [3.8, 4) is 0 Å². The van der Waals surface area contributed by atoms with Crippen LogP contribution in [0, 0.1) is 5.82 Å². The highest BCUT2D eigenvalue weighted by molar-refractivity contribution is 5.93. The number of carbonyl (C=O) groups is 2. The first-order valence-corrected chi connectivity index (χ1v) is 7.04. The second-order valence-corrected chi connectivity index (χ2v) is 5.00. The summed E-state index contributed by atoms with van der Waals surface area (Å²) in [5, 5.41) is 13.9. The van der Waals surface area contributed by atoms with Crippen LogP contribution in [0.4, 0.5) is 14.9 Å². The van der Waals surface area contributed by atoms with Crippen LogP contribution in [-0.4, -0.2) is 23.1 Å². The molecule has 0 saturated carbocycles. The Labute approximate surface area is 123 Å². The highest BCUT2D eigenvalue weighted by Crippen LogP contribution is 2.16. The van der Waals surface area contributed by atoms with Crippen molar-refractivity contribution in [3.63, 3.8) is 0 Å². The van der Waals surface area contributed by atoms with Crippen LogP contribution in [0.1, 0.15) is 49.9 Å². The normalized spacial score (nSPS) is 11.8. The van der Waals surface area contributed by atoms with E-state index in [9.17, 15) is 14.0 Å². The molecule has 0 aliphatic carbocycles. The number of unbranched alkanes of at least 4 members (excludes halogenated alkanes) is 2. The highest BCUT2D eigenvalue weighted by atomic mass is 19.1. The van der Waals surface area contributed by atoms with Gasteiger partial charge in [-0.25, -0.2) is 14.0 Å². The summed E-state index contributed by atoms with van der Waals surface area (Å²) < 4.78 is 13.5. The number of urea groups is 1. The molecule has 0 aliphatic heterocycles. The van der Waals surface area contributed by atoms with Gasteiger partial charge in [-0.2, -0.15) is 0 Å². The number of hydrogen-bond donors (Lipinski definition) is 3. The summed E-state index contributed by atoms with van der Waals surface area (Å²) in [6.07, 6.45) is 4.06. The van der Waals surface area contributed by atoms with Crippen molar-refractivity contribution in [2.45, 2.75) is 45.6 Å². The van der Waals surface area contributed by atoms with E-state index in [-0.39, 0.29) is 17.3 Å². The molecule has 3 N–H and O–H groups in total. The van der Waals surface area contributed by atoms with Crippen LogP contribution >= 0.6 is 0 Å². The number of amides is 2. The van der Waals surface area contributed by atoms with Crippen molar-refractivity contribution in [2.75, 3.05) is 5.32 Å². The van der Waals surface area contributed by atoms with Crippen molar-refractivity contribution < 1.29 is 19.1 Å². The molecule has 0 heterocycles. The molecule has 1 rings (SSSR count). The van der Waals surface area contributed by atoms with Crippen molar-refractivity contribution in [2.24, 2.45) is 0 Å². The van der Waals surface area contributed by atoms with Crippen LogP contribution in [0.3, 0.4) is 0 Å². The molecule has 21 heavy (non-hydrogen) atoms. The molecule has 116 valence electrons. The number of rotatable bonds is 7. The SMILES string of the molecule is CCCCCC(C)NC(=O)Nc1cc(C(=O)O)ccc1F. The third-order valence-corrected chi connectivity index (χ3v) is 3.08. The number of nitrogens with one attached hydrogen (secondary N) is 2. The van der Waals surface area contributed by atoms with Crippen LogP contribution in [0.15, 0.2) is 18.2 Å². The van der Waals surface area contributed by atoms with Gasteiger partial charge in [0.2, 0.25) is 0 Å². The summed E-state index contributed by atoms with van der Waals surface area (Å²) >= 11 is 0. The van der Waals surface area contributed by atoms with E-state index < -0.39 is 17.8 Å². The van der Waals surface area contributed by atoms with E-state index in [1.807, 2.05) is 6.92 Å². The summed E-state index contributed by atoms with van der Waals surface area (Å²) in [7, 11) is 0. The van der Waals surface area contributed by atoms with Crippen molar-refractivity contribution in [3.05, 3.63) is 29.6 Å². The Hall–Kier alpha value is -2.11. The Morgan fingerprint density at radius 2 is 2.05 bits per heavy atom. The lowest BCUT2D eigenvalue weighted by Gasteiger charge is -2.15. The van der Waals surface area contributed by atoms with Gasteiger partial charge in [-0.1, -0.05) is 26.2 Å². The third kappa shape index (κ3) is 5.81. The zero-order valence-electron chi connectivity index (χ0n) is 12.3. The number of carbonyl (C=O) groups excluding carboxylic acids is 1. The minimum Gasteiger partial charge on any atom is -0.478 e. The van der Waals surface area contributed by atoms with Crippen LogP contribution in [0.25, 0.3) is 0 Å². The number of carboxylic acid groups (broad SMARTS) is 1. The molecule has 6 heteroatoms. The van der Waals surface area contributed by atoms with E-state index in [0.717, 1.165) is 43.9 Å². The minimum atomic E-state index is -1.17. The molecule has 0 saturated heterocycles. The van der Waals surface area contributed by atoms with Crippen LogP contribution in [0.2, 0.25) is 0 Å². The minimum absolute atomic E-state index is 0.0257. The molecule has 5 nitrogen and oxygen atoms in total. The summed E-state index contributed by atoms with van der Waals surface area (Å²) in [5.74, 6) is -1.85. The second kappa shape index (κ2) is 8.24. The summed E-state index contributed by atoms with van der Waals surface area (Å²) in [6.45, 7) is 3.97. The fraction of sp³-hybridized carbons (Fsp3) is 0.467. The van der Waals surface area contributed by atoms with E-state index in [0.29, 0.717) is 0 Å². The third-order valence-electron chi connectivity index (χ3n) is 3.08. The van der Waals surface area contributed by atoms with E-state index in [1.165, 1.54) is 0 Å². The first-order chi connectivity index (χ1) is 9.93. The zero-order valence-corrected chi connectivity index (χ0v) is 12.3. The lowest BCUT2D eigenvalue weighted by Crippen LogP contribution is -2.36. The molecule has 2 amide bonds. The van der Waals surface area contributed by atoms with Crippen LogP contribution < -0.4 is 10.6 Å². The molecule has 0 fully saturated rings. The second-order valence-electron chi connectivity index (χ2n) is 5.00. The summed E-state index contributed by atoms with van der Waals surface area (Å²) in [6, 6.07) is 2.69. The molecule has 1 atom stereocenters. The van der Waals surface area contributed by atoms with Crippen molar-refractivity contribution in [1.82, 2.24) is 5.32 Å². The molecular formula is C15H21FN2O3. The van der Waals surface area contributed by atoms with Gasteiger partial charge in [-0.3, -0.25) is 0 Å². The standard InChI is InChI=1S/C15H21FN2O3/c1-3-4-5-6-10(2)17-15(21)18-13-9-11(14(19)20)7-8-12(13)16/h7-10H,3-6H2,1-2H3,(H,19,20)(H2,17,18,21). The maximum Gasteiger partial charge on any atom is 0.335 e.